The lowest BCUT2D eigenvalue weighted by molar-refractivity contribution is 0.516. The average Bonchev–Trinajstić information content (AvgIpc) is 4.09. The number of aromatic nitrogens is 3. The Kier molecular flexibility index (Phi) is 11.4. The van der Waals surface area contributed by atoms with Gasteiger partial charge < -0.3 is 0 Å². The summed E-state index contributed by atoms with van der Waals surface area (Å²) in [4.78, 5) is 11.1. The second-order valence-electron chi connectivity index (χ2n) is 18.3. The van der Waals surface area contributed by atoms with Gasteiger partial charge in [0.1, 0.15) is 11.0 Å². The lowest BCUT2D eigenvalue weighted by Gasteiger charge is -2.20. The molecule has 0 fully saturated rings. The van der Waals surface area contributed by atoms with E-state index < -0.39 is 11.6 Å². The van der Waals surface area contributed by atoms with Crippen molar-refractivity contribution in [2.24, 2.45) is 11.8 Å². The van der Waals surface area contributed by atoms with Gasteiger partial charge in [-0.2, -0.15) is 10.5 Å². The summed E-state index contributed by atoms with van der Waals surface area (Å²) in [5.41, 5.74) is 2.56. The molecule has 7 aromatic heterocycles. The van der Waals surface area contributed by atoms with Crippen LogP contribution in [0, 0.1) is 46.3 Å². The number of thiophene rings is 6. The number of benzene rings is 2. The van der Waals surface area contributed by atoms with Gasteiger partial charge in [0.05, 0.1) is 17.2 Å². The second-order valence-corrected chi connectivity index (χ2v) is 24.9. The fourth-order valence-electron chi connectivity index (χ4n) is 7.92. The summed E-state index contributed by atoms with van der Waals surface area (Å²) in [5, 5.41) is 30.7. The number of nitriles is 2. The van der Waals surface area contributed by atoms with Gasteiger partial charge in [0.25, 0.3) is 0 Å². The summed E-state index contributed by atoms with van der Waals surface area (Å²) in [6, 6.07) is 23.6. The Morgan fingerprint density at radius 2 is 1.13 bits per heavy atom. The van der Waals surface area contributed by atoms with Crippen LogP contribution < -0.4 is 0 Å². The van der Waals surface area contributed by atoms with E-state index in [9.17, 15) is 10.5 Å². The minimum absolute atomic E-state index is 0.00126. The van der Waals surface area contributed by atoms with Crippen molar-refractivity contribution in [1.82, 2.24) is 15.0 Å². The first-order valence-corrected chi connectivity index (χ1v) is 25.9. The summed E-state index contributed by atoms with van der Waals surface area (Å²) in [7, 11) is 0. The van der Waals surface area contributed by atoms with Gasteiger partial charge in [0, 0.05) is 86.0 Å². The molecule has 7 heterocycles. The Hall–Kier alpha value is -4.60. The molecule has 320 valence electrons. The van der Waals surface area contributed by atoms with Gasteiger partial charge in [0.15, 0.2) is 11.6 Å². The van der Waals surface area contributed by atoms with Crippen LogP contribution in [0.3, 0.4) is 0 Å². The quantitative estimate of drug-likeness (QED) is 0.129. The molecule has 0 amide bonds. The van der Waals surface area contributed by atoms with Crippen LogP contribution in [0.4, 0.5) is 8.78 Å². The van der Waals surface area contributed by atoms with Crippen molar-refractivity contribution in [1.29, 1.82) is 10.5 Å². The van der Waals surface area contributed by atoms with E-state index in [1.807, 2.05) is 60.1 Å². The molecule has 0 spiro atoms. The number of halogens is 2. The van der Waals surface area contributed by atoms with Crippen molar-refractivity contribution in [2.75, 3.05) is 0 Å². The van der Waals surface area contributed by atoms with Crippen molar-refractivity contribution in [3.8, 4) is 63.8 Å². The molecule has 0 aliphatic carbocycles. The third-order valence-electron chi connectivity index (χ3n) is 11.7. The van der Waals surface area contributed by atoms with Crippen LogP contribution in [-0.4, -0.2) is 15.0 Å². The normalized spacial score (nSPS) is 12.9. The molecule has 0 radical (unpaired) electrons. The van der Waals surface area contributed by atoms with Crippen LogP contribution in [0.1, 0.15) is 88.2 Å². The molecular formula is C50H45F2N5S6. The molecular weight excluding hydrogens is 901 g/mol. The first kappa shape index (κ1) is 43.6. The van der Waals surface area contributed by atoms with E-state index in [0.29, 0.717) is 22.1 Å². The molecule has 2 aromatic carbocycles. The zero-order valence-electron chi connectivity index (χ0n) is 36.5. The number of rotatable bonds is 11. The molecule has 0 bridgehead atoms. The van der Waals surface area contributed by atoms with Crippen molar-refractivity contribution in [3.63, 3.8) is 0 Å². The Morgan fingerprint density at radius 3 is 1.70 bits per heavy atom. The highest BCUT2D eigenvalue weighted by Gasteiger charge is 2.31. The number of fused-ring (bicyclic) bond motifs is 3. The molecule has 1 atom stereocenters. The van der Waals surface area contributed by atoms with Gasteiger partial charge in [-0.05, 0) is 104 Å². The summed E-state index contributed by atoms with van der Waals surface area (Å²) in [6.45, 7) is 19.7. The summed E-state index contributed by atoms with van der Waals surface area (Å²) >= 11 is 10.0. The molecule has 0 saturated heterocycles. The minimum Gasteiger partial charge on any atom is -0.203 e. The van der Waals surface area contributed by atoms with Crippen molar-refractivity contribution >= 4 is 99.2 Å². The van der Waals surface area contributed by atoms with Crippen LogP contribution in [0.2, 0.25) is 0 Å². The third kappa shape index (κ3) is 7.79. The predicted octanol–water partition coefficient (Wildman–Crippen LogP) is 16.9. The molecule has 63 heavy (non-hydrogen) atoms. The Morgan fingerprint density at radius 1 is 0.603 bits per heavy atom. The molecule has 0 N–H and O–H groups in total. The summed E-state index contributed by atoms with van der Waals surface area (Å²) < 4.78 is 35.7. The first-order valence-electron chi connectivity index (χ1n) is 21.0. The van der Waals surface area contributed by atoms with E-state index in [2.05, 4.69) is 108 Å². The van der Waals surface area contributed by atoms with E-state index in [-0.39, 0.29) is 38.9 Å². The lowest BCUT2D eigenvalue weighted by Crippen LogP contribution is -2.12. The van der Waals surface area contributed by atoms with Gasteiger partial charge in [-0.15, -0.1) is 78.2 Å². The summed E-state index contributed by atoms with van der Waals surface area (Å²) in [6.07, 6.45) is 4.52. The van der Waals surface area contributed by atoms with E-state index in [0.717, 1.165) is 37.7 Å². The third-order valence-corrected chi connectivity index (χ3v) is 19.4. The zero-order valence-corrected chi connectivity index (χ0v) is 41.4. The van der Waals surface area contributed by atoms with Crippen LogP contribution >= 0.6 is 68.0 Å². The van der Waals surface area contributed by atoms with Crippen molar-refractivity contribution in [2.45, 2.75) is 92.4 Å². The maximum absolute atomic E-state index is 16.7. The molecule has 9 aromatic rings. The second kappa shape index (κ2) is 16.4. The molecule has 0 aliphatic rings. The van der Waals surface area contributed by atoms with E-state index in [4.69, 9.17) is 0 Å². The van der Waals surface area contributed by atoms with Gasteiger partial charge in [-0.1, -0.05) is 60.2 Å². The SMILES string of the molecule is CCC(C)(C)c1ccc(-c2c(F)c(F)c(-c3ccc(-c4cc5c(-c6ccc(CC(C)C)s6)c6sc(C(C)(C)C)cc6c(-c6ccc(CC(C)C#N)s6)c5s4)s3)c3nn(C#N)nc23)s1. The minimum atomic E-state index is -1.01. The fraction of sp³-hybridized carbons (Fsp3) is 0.320. The van der Waals surface area contributed by atoms with Crippen molar-refractivity contribution < 1.29 is 8.78 Å². The average molecular weight is 946 g/mol. The number of hydrogen-bond donors (Lipinski definition) is 0. The van der Waals surface area contributed by atoms with E-state index in [1.165, 1.54) is 73.0 Å². The Balaban J connectivity index is 1.25. The van der Waals surface area contributed by atoms with Gasteiger partial charge in [0.2, 0.25) is 6.19 Å². The van der Waals surface area contributed by atoms with Crippen LogP contribution in [0.25, 0.3) is 82.7 Å². The topological polar surface area (TPSA) is 78.3 Å². The van der Waals surface area contributed by atoms with E-state index >= 15 is 8.78 Å². The van der Waals surface area contributed by atoms with Crippen LogP contribution in [-0.2, 0) is 23.7 Å². The molecule has 13 heteroatoms. The molecule has 5 nitrogen and oxygen atoms in total. The first-order chi connectivity index (χ1) is 30.0. The molecule has 1 unspecified atom stereocenters. The monoisotopic (exact) mass is 945 g/mol. The largest absolute Gasteiger partial charge is 0.225 e. The zero-order chi connectivity index (χ0) is 44.7. The standard InChI is InChI=1S/C50H45F2N5S6/c1-10-50(8,9)37-18-17-35(61-37)42-44(52)43(51)41(45-46(42)56-57(24-54)55-45)34-16-15-31(60-34)36-21-29-39(32-13-11-27(58-32)19-25(2)3)48-30(22-38(63-48)49(5,6)7)40(47(29)62-36)33-14-12-28(59-33)20-26(4)23-53/h11-18,21-22,25-26H,10,19-20H2,1-9H3. The van der Waals surface area contributed by atoms with Crippen molar-refractivity contribution in [3.05, 3.63) is 91.8 Å². The Labute approximate surface area is 390 Å². The Bertz CT molecular complexity index is 3300. The molecule has 9 rings (SSSR count). The number of hydrogen-bond acceptors (Lipinski definition) is 10. The predicted molar refractivity (Wildman–Crippen MR) is 267 cm³/mol. The highest BCUT2D eigenvalue weighted by atomic mass is 32.1. The molecule has 0 aliphatic heterocycles. The number of nitrogens with zero attached hydrogens (tertiary/aromatic N) is 5. The van der Waals surface area contributed by atoms with Gasteiger partial charge in [-0.3, -0.25) is 0 Å². The highest BCUT2D eigenvalue weighted by Crippen LogP contribution is 2.55. The van der Waals surface area contributed by atoms with Crippen LogP contribution in [0.5, 0.6) is 0 Å². The van der Waals surface area contributed by atoms with Crippen LogP contribution in [0.15, 0.2) is 60.7 Å². The van der Waals surface area contributed by atoms with Gasteiger partial charge in [-0.25, -0.2) is 8.78 Å². The highest BCUT2D eigenvalue weighted by molar-refractivity contribution is 7.28. The fourth-order valence-corrected chi connectivity index (χ4v) is 15.4. The van der Waals surface area contributed by atoms with E-state index in [1.54, 1.807) is 22.7 Å². The van der Waals surface area contributed by atoms with Gasteiger partial charge >= 0.3 is 0 Å². The maximum Gasteiger partial charge on any atom is 0.225 e. The summed E-state index contributed by atoms with van der Waals surface area (Å²) in [5.74, 6) is -1.56. The maximum atomic E-state index is 16.7. The lowest BCUT2D eigenvalue weighted by atomic mass is 9.89. The smallest absolute Gasteiger partial charge is 0.203 e. The molecule has 0 saturated carbocycles.